The Bertz CT molecular complexity index is 390. The highest BCUT2D eigenvalue weighted by atomic mass is 79.9. The van der Waals surface area contributed by atoms with E-state index >= 15 is 0 Å². The van der Waals surface area contributed by atoms with Crippen LogP contribution in [0.4, 0.5) is 4.39 Å². The lowest BCUT2D eigenvalue weighted by Crippen LogP contribution is -2.26. The first-order valence-electron chi connectivity index (χ1n) is 4.77. The molecule has 1 heterocycles. The molecule has 5 heteroatoms. The van der Waals surface area contributed by atoms with E-state index in [1.54, 1.807) is 20.8 Å². The SMILES string of the molecule is CC(C)(C)OC(=O)C(Br)c1cncc(F)c1. The first-order valence-corrected chi connectivity index (χ1v) is 5.68. The van der Waals surface area contributed by atoms with Crippen LogP contribution in [0, 0.1) is 5.82 Å². The van der Waals surface area contributed by atoms with Crippen LogP contribution in [0.2, 0.25) is 0 Å². The Kier molecular flexibility index (Phi) is 4.02. The number of rotatable bonds is 2. The summed E-state index contributed by atoms with van der Waals surface area (Å²) >= 11 is 3.16. The summed E-state index contributed by atoms with van der Waals surface area (Å²) in [5.74, 6) is -0.939. The summed E-state index contributed by atoms with van der Waals surface area (Å²) < 4.78 is 18.1. The fourth-order valence-corrected chi connectivity index (χ4v) is 1.40. The van der Waals surface area contributed by atoms with Gasteiger partial charge in [0, 0.05) is 6.20 Å². The molecular formula is C11H13BrFNO2. The van der Waals surface area contributed by atoms with Crippen molar-refractivity contribution in [3.8, 4) is 0 Å². The van der Waals surface area contributed by atoms with Crippen LogP contribution in [-0.2, 0) is 9.53 Å². The number of halogens is 2. The number of pyridine rings is 1. The average molecular weight is 290 g/mol. The molecule has 1 aromatic heterocycles. The highest BCUT2D eigenvalue weighted by Crippen LogP contribution is 2.26. The number of ether oxygens (including phenoxy) is 1. The van der Waals surface area contributed by atoms with E-state index in [0.717, 1.165) is 6.20 Å². The van der Waals surface area contributed by atoms with Crippen LogP contribution < -0.4 is 0 Å². The second kappa shape index (κ2) is 4.91. The zero-order valence-corrected chi connectivity index (χ0v) is 10.9. The topological polar surface area (TPSA) is 39.2 Å². The normalized spacial score (nSPS) is 13.3. The Balaban J connectivity index is 2.78. The van der Waals surface area contributed by atoms with Gasteiger partial charge in [0.2, 0.25) is 0 Å². The predicted molar refractivity (Wildman–Crippen MR) is 61.7 cm³/mol. The van der Waals surface area contributed by atoms with Crippen molar-refractivity contribution in [1.82, 2.24) is 4.98 Å². The lowest BCUT2D eigenvalue weighted by molar-refractivity contribution is -0.154. The largest absolute Gasteiger partial charge is 0.459 e. The minimum absolute atomic E-state index is 0.439. The summed E-state index contributed by atoms with van der Waals surface area (Å²) in [6, 6.07) is 1.25. The molecule has 0 radical (unpaired) electrons. The zero-order chi connectivity index (χ0) is 12.3. The summed E-state index contributed by atoms with van der Waals surface area (Å²) in [5, 5.41) is 0. The number of aromatic nitrogens is 1. The number of hydrogen-bond acceptors (Lipinski definition) is 3. The summed E-state index contributed by atoms with van der Waals surface area (Å²) in [6.45, 7) is 5.32. The first-order chi connectivity index (χ1) is 7.29. The molecule has 0 aliphatic carbocycles. The molecule has 0 saturated carbocycles. The molecule has 1 atom stereocenters. The van der Waals surface area contributed by atoms with E-state index in [1.165, 1.54) is 12.3 Å². The van der Waals surface area contributed by atoms with Gasteiger partial charge in [0.05, 0.1) is 6.20 Å². The van der Waals surface area contributed by atoms with Gasteiger partial charge in [-0.1, -0.05) is 15.9 Å². The molecule has 0 aliphatic rings. The molecule has 0 fully saturated rings. The number of hydrogen-bond donors (Lipinski definition) is 0. The maximum Gasteiger partial charge on any atom is 0.324 e. The monoisotopic (exact) mass is 289 g/mol. The minimum Gasteiger partial charge on any atom is -0.459 e. The second-order valence-corrected chi connectivity index (χ2v) is 5.25. The van der Waals surface area contributed by atoms with E-state index in [1.807, 2.05) is 0 Å². The Morgan fingerprint density at radius 2 is 2.12 bits per heavy atom. The molecule has 0 aliphatic heterocycles. The number of esters is 1. The van der Waals surface area contributed by atoms with Crippen molar-refractivity contribution < 1.29 is 13.9 Å². The maximum atomic E-state index is 12.9. The maximum absolute atomic E-state index is 12.9. The first kappa shape index (κ1) is 13.1. The van der Waals surface area contributed by atoms with Gasteiger partial charge < -0.3 is 4.74 Å². The third-order valence-electron chi connectivity index (χ3n) is 1.63. The van der Waals surface area contributed by atoms with Crippen LogP contribution in [0.15, 0.2) is 18.5 Å². The zero-order valence-electron chi connectivity index (χ0n) is 9.33. The number of carbonyl (C=O) groups is 1. The van der Waals surface area contributed by atoms with E-state index in [-0.39, 0.29) is 0 Å². The van der Waals surface area contributed by atoms with Crippen molar-refractivity contribution in [3.63, 3.8) is 0 Å². The van der Waals surface area contributed by atoms with Crippen molar-refractivity contribution in [3.05, 3.63) is 29.8 Å². The number of nitrogens with zero attached hydrogens (tertiary/aromatic N) is 1. The van der Waals surface area contributed by atoms with E-state index in [4.69, 9.17) is 4.74 Å². The Morgan fingerprint density at radius 1 is 1.50 bits per heavy atom. The van der Waals surface area contributed by atoms with Crippen molar-refractivity contribution >= 4 is 21.9 Å². The molecule has 0 N–H and O–H groups in total. The van der Waals surface area contributed by atoms with Gasteiger partial charge >= 0.3 is 5.97 Å². The van der Waals surface area contributed by atoms with Crippen molar-refractivity contribution in [2.75, 3.05) is 0 Å². The molecule has 16 heavy (non-hydrogen) atoms. The predicted octanol–water partition coefficient (Wildman–Crippen LogP) is 3.00. The quantitative estimate of drug-likeness (QED) is 0.621. The Morgan fingerprint density at radius 3 is 2.62 bits per heavy atom. The number of alkyl halides is 1. The highest BCUT2D eigenvalue weighted by molar-refractivity contribution is 9.09. The molecule has 1 unspecified atom stereocenters. The van der Waals surface area contributed by atoms with Gasteiger partial charge in [-0.2, -0.15) is 0 Å². The van der Waals surface area contributed by atoms with Gasteiger partial charge in [0.15, 0.2) is 0 Å². The Labute approximate surface area is 102 Å². The van der Waals surface area contributed by atoms with Gasteiger partial charge in [0.1, 0.15) is 16.2 Å². The van der Waals surface area contributed by atoms with Gasteiger partial charge in [-0.3, -0.25) is 9.78 Å². The van der Waals surface area contributed by atoms with Crippen molar-refractivity contribution in [2.45, 2.75) is 31.2 Å². The average Bonchev–Trinajstić information content (AvgIpc) is 2.14. The van der Waals surface area contributed by atoms with Gasteiger partial charge in [-0.15, -0.1) is 0 Å². The lowest BCUT2D eigenvalue weighted by Gasteiger charge is -2.21. The summed E-state index contributed by atoms with van der Waals surface area (Å²) in [5.41, 5.74) is -0.126. The van der Waals surface area contributed by atoms with Crippen LogP contribution in [0.3, 0.4) is 0 Å². The van der Waals surface area contributed by atoms with E-state index < -0.39 is 22.2 Å². The van der Waals surface area contributed by atoms with Crippen LogP contribution in [-0.4, -0.2) is 16.6 Å². The standard InChI is InChI=1S/C11H13BrFNO2/c1-11(2,3)16-10(15)9(12)7-4-8(13)6-14-5-7/h4-6,9H,1-3H3. The molecular weight excluding hydrogens is 277 g/mol. The van der Waals surface area contributed by atoms with Gasteiger partial charge in [0.25, 0.3) is 0 Å². The number of carbonyl (C=O) groups excluding carboxylic acids is 1. The van der Waals surface area contributed by atoms with Crippen LogP contribution in [0.1, 0.15) is 31.2 Å². The van der Waals surface area contributed by atoms with Crippen molar-refractivity contribution in [1.29, 1.82) is 0 Å². The smallest absolute Gasteiger partial charge is 0.324 e. The molecule has 3 nitrogen and oxygen atoms in total. The second-order valence-electron chi connectivity index (χ2n) is 4.33. The fourth-order valence-electron chi connectivity index (χ4n) is 1.06. The molecule has 0 amide bonds. The summed E-state index contributed by atoms with van der Waals surface area (Å²) in [6.07, 6.45) is 2.50. The van der Waals surface area contributed by atoms with Gasteiger partial charge in [-0.25, -0.2) is 4.39 Å². The van der Waals surface area contributed by atoms with Crippen molar-refractivity contribution in [2.24, 2.45) is 0 Å². The molecule has 0 aromatic carbocycles. The lowest BCUT2D eigenvalue weighted by atomic mass is 10.1. The molecule has 0 spiro atoms. The molecule has 0 bridgehead atoms. The highest BCUT2D eigenvalue weighted by Gasteiger charge is 2.24. The molecule has 1 aromatic rings. The van der Waals surface area contributed by atoms with E-state index in [0.29, 0.717) is 5.56 Å². The van der Waals surface area contributed by atoms with E-state index in [2.05, 4.69) is 20.9 Å². The summed E-state index contributed by atoms with van der Waals surface area (Å²) in [4.78, 5) is 14.6. The third-order valence-corrected chi connectivity index (χ3v) is 2.53. The van der Waals surface area contributed by atoms with Crippen LogP contribution in [0.5, 0.6) is 0 Å². The van der Waals surface area contributed by atoms with Crippen LogP contribution >= 0.6 is 15.9 Å². The fraction of sp³-hybridized carbons (Fsp3) is 0.455. The van der Waals surface area contributed by atoms with E-state index in [9.17, 15) is 9.18 Å². The van der Waals surface area contributed by atoms with Crippen LogP contribution in [0.25, 0.3) is 0 Å². The molecule has 0 saturated heterocycles. The summed E-state index contributed by atoms with van der Waals surface area (Å²) in [7, 11) is 0. The Hall–Kier alpha value is -0.970. The molecule has 1 rings (SSSR count). The third kappa shape index (κ3) is 3.89. The minimum atomic E-state index is -0.699. The van der Waals surface area contributed by atoms with Gasteiger partial charge in [-0.05, 0) is 32.4 Å². The molecule has 88 valence electrons.